The first kappa shape index (κ1) is 15.7. The molecule has 2 rings (SSSR count). The Balaban J connectivity index is 2.19. The Morgan fingerprint density at radius 2 is 1.95 bits per heavy atom. The molecule has 1 aromatic carbocycles. The third-order valence-electron chi connectivity index (χ3n) is 3.66. The molecule has 1 atom stereocenters. The van der Waals surface area contributed by atoms with Gasteiger partial charge in [-0.25, -0.2) is 4.98 Å². The summed E-state index contributed by atoms with van der Waals surface area (Å²) in [7, 11) is 1.83. The van der Waals surface area contributed by atoms with Crippen LogP contribution in [0.4, 0.5) is 0 Å². The molecule has 0 spiro atoms. The van der Waals surface area contributed by atoms with E-state index in [-0.39, 0.29) is 11.9 Å². The predicted molar refractivity (Wildman–Crippen MR) is 86.4 cm³/mol. The van der Waals surface area contributed by atoms with Crippen LogP contribution in [0.15, 0.2) is 24.3 Å². The molecule has 1 amide bonds. The van der Waals surface area contributed by atoms with E-state index in [1.807, 2.05) is 52.1 Å². The minimum absolute atomic E-state index is 0.0107. The van der Waals surface area contributed by atoms with Gasteiger partial charge in [0.2, 0.25) is 0 Å². The molecule has 0 bridgehead atoms. The Kier molecular flexibility index (Phi) is 4.75. The van der Waals surface area contributed by atoms with Crippen molar-refractivity contribution in [2.24, 2.45) is 5.73 Å². The number of aromatic nitrogens is 1. The zero-order valence-corrected chi connectivity index (χ0v) is 13.7. The fourth-order valence-corrected chi connectivity index (χ4v) is 3.30. The van der Waals surface area contributed by atoms with E-state index in [4.69, 9.17) is 5.73 Å². The van der Waals surface area contributed by atoms with Gasteiger partial charge >= 0.3 is 0 Å². The number of carbonyl (C=O) groups excluding carboxylic acids is 1. The second-order valence-corrected chi connectivity index (χ2v) is 6.41. The number of aryl methyl sites for hydroxylation is 2. The van der Waals surface area contributed by atoms with Gasteiger partial charge < -0.3 is 10.6 Å². The highest BCUT2D eigenvalue weighted by Gasteiger charge is 2.22. The summed E-state index contributed by atoms with van der Waals surface area (Å²) in [6.45, 7) is 6.50. The lowest BCUT2D eigenvalue weighted by Crippen LogP contribution is -2.29. The lowest BCUT2D eigenvalue weighted by atomic mass is 10.1. The Morgan fingerprint density at radius 3 is 2.43 bits per heavy atom. The minimum atomic E-state index is 0.0107. The van der Waals surface area contributed by atoms with Gasteiger partial charge in [0, 0.05) is 24.0 Å². The normalized spacial score (nSPS) is 12.2. The maximum atomic E-state index is 12.6. The average molecular weight is 303 g/mol. The first-order valence-electron chi connectivity index (χ1n) is 6.94. The molecule has 0 fully saturated rings. The Labute approximate surface area is 129 Å². The molecule has 0 aliphatic carbocycles. The first-order valence-corrected chi connectivity index (χ1v) is 7.75. The third kappa shape index (κ3) is 3.31. The molecule has 1 heterocycles. The highest BCUT2D eigenvalue weighted by Crippen LogP contribution is 2.29. The van der Waals surface area contributed by atoms with Crippen molar-refractivity contribution in [1.82, 2.24) is 9.88 Å². The van der Waals surface area contributed by atoms with Crippen LogP contribution in [0.25, 0.3) is 0 Å². The number of nitrogens with two attached hydrogens (primary N) is 1. The van der Waals surface area contributed by atoms with E-state index in [1.54, 1.807) is 16.2 Å². The van der Waals surface area contributed by atoms with Crippen molar-refractivity contribution < 1.29 is 4.79 Å². The summed E-state index contributed by atoms with van der Waals surface area (Å²) >= 11 is 1.65. The molecule has 1 unspecified atom stereocenters. The van der Waals surface area contributed by atoms with Crippen molar-refractivity contribution in [1.29, 1.82) is 0 Å². The van der Waals surface area contributed by atoms with Gasteiger partial charge in [-0.2, -0.15) is 0 Å². The fourth-order valence-electron chi connectivity index (χ4n) is 2.27. The smallest absolute Gasteiger partial charge is 0.254 e. The fraction of sp³-hybridized carbons (Fsp3) is 0.375. The largest absolute Gasteiger partial charge is 0.334 e. The number of hydrogen-bond acceptors (Lipinski definition) is 4. The molecule has 2 aromatic rings. The van der Waals surface area contributed by atoms with E-state index < -0.39 is 0 Å². The van der Waals surface area contributed by atoms with Crippen LogP contribution in [-0.4, -0.2) is 22.8 Å². The molecule has 0 aliphatic heterocycles. The Morgan fingerprint density at radius 1 is 1.33 bits per heavy atom. The van der Waals surface area contributed by atoms with Gasteiger partial charge in [0.1, 0.15) is 0 Å². The molecule has 4 nitrogen and oxygen atoms in total. The summed E-state index contributed by atoms with van der Waals surface area (Å²) in [5.74, 6) is 0.0107. The summed E-state index contributed by atoms with van der Waals surface area (Å²) in [6, 6.07) is 7.47. The zero-order chi connectivity index (χ0) is 15.6. The highest BCUT2D eigenvalue weighted by atomic mass is 32.1. The Bertz CT molecular complexity index is 633. The van der Waals surface area contributed by atoms with Crippen LogP contribution < -0.4 is 5.73 Å². The van der Waals surface area contributed by atoms with E-state index >= 15 is 0 Å². The topological polar surface area (TPSA) is 59.2 Å². The van der Waals surface area contributed by atoms with E-state index in [0.717, 1.165) is 21.1 Å². The van der Waals surface area contributed by atoms with Crippen molar-refractivity contribution in [3.8, 4) is 0 Å². The van der Waals surface area contributed by atoms with Gasteiger partial charge in [-0.05, 0) is 38.5 Å². The van der Waals surface area contributed by atoms with E-state index in [9.17, 15) is 4.79 Å². The molecule has 1 aromatic heterocycles. The summed E-state index contributed by atoms with van der Waals surface area (Å²) in [5, 5.41) is 1.03. The standard InChI is InChI=1S/C16H21N3OS/c1-10-15(21-12(3)18-10)11(2)19(4)16(20)14-7-5-13(9-17)6-8-14/h5-8,11H,9,17H2,1-4H3. The summed E-state index contributed by atoms with van der Waals surface area (Å²) in [6.07, 6.45) is 0. The van der Waals surface area contributed by atoms with Crippen molar-refractivity contribution in [2.45, 2.75) is 33.4 Å². The number of rotatable bonds is 4. The monoisotopic (exact) mass is 303 g/mol. The third-order valence-corrected chi connectivity index (χ3v) is 4.90. The molecule has 0 radical (unpaired) electrons. The predicted octanol–water partition coefficient (Wildman–Crippen LogP) is 3.05. The van der Waals surface area contributed by atoms with E-state index in [0.29, 0.717) is 12.1 Å². The van der Waals surface area contributed by atoms with Crippen LogP contribution >= 0.6 is 11.3 Å². The minimum Gasteiger partial charge on any atom is -0.334 e. The van der Waals surface area contributed by atoms with Gasteiger partial charge in [0.25, 0.3) is 5.91 Å². The number of amides is 1. The van der Waals surface area contributed by atoms with Crippen molar-refractivity contribution >= 4 is 17.2 Å². The number of hydrogen-bond donors (Lipinski definition) is 1. The second kappa shape index (κ2) is 6.37. The maximum absolute atomic E-state index is 12.6. The average Bonchev–Trinajstić information content (AvgIpc) is 2.83. The number of thiazole rings is 1. The van der Waals surface area contributed by atoms with Crippen LogP contribution in [0.2, 0.25) is 0 Å². The molecule has 112 valence electrons. The summed E-state index contributed by atoms with van der Waals surface area (Å²) in [4.78, 5) is 19.9. The quantitative estimate of drug-likeness (QED) is 0.944. The van der Waals surface area contributed by atoms with Crippen LogP contribution in [0.5, 0.6) is 0 Å². The van der Waals surface area contributed by atoms with Crippen LogP contribution in [-0.2, 0) is 6.54 Å². The van der Waals surface area contributed by atoms with Crippen LogP contribution in [0.1, 0.15) is 44.5 Å². The van der Waals surface area contributed by atoms with Gasteiger partial charge in [0.15, 0.2) is 0 Å². The number of carbonyl (C=O) groups is 1. The molecule has 0 saturated carbocycles. The van der Waals surface area contributed by atoms with Gasteiger partial charge in [-0.15, -0.1) is 11.3 Å². The molecule has 21 heavy (non-hydrogen) atoms. The van der Waals surface area contributed by atoms with Gasteiger partial charge in [-0.1, -0.05) is 12.1 Å². The van der Waals surface area contributed by atoms with Crippen LogP contribution in [0, 0.1) is 13.8 Å². The van der Waals surface area contributed by atoms with E-state index in [1.165, 1.54) is 0 Å². The number of nitrogens with zero attached hydrogens (tertiary/aromatic N) is 2. The highest BCUT2D eigenvalue weighted by molar-refractivity contribution is 7.11. The molecule has 2 N–H and O–H groups in total. The van der Waals surface area contributed by atoms with E-state index in [2.05, 4.69) is 4.98 Å². The van der Waals surface area contributed by atoms with Crippen molar-refractivity contribution in [3.63, 3.8) is 0 Å². The molecule has 0 aliphatic rings. The van der Waals surface area contributed by atoms with Crippen molar-refractivity contribution in [3.05, 3.63) is 51.0 Å². The number of benzene rings is 1. The lowest BCUT2D eigenvalue weighted by molar-refractivity contribution is 0.0744. The SMILES string of the molecule is Cc1nc(C)c(C(C)N(C)C(=O)c2ccc(CN)cc2)s1. The van der Waals surface area contributed by atoms with Gasteiger partial charge in [-0.3, -0.25) is 4.79 Å². The summed E-state index contributed by atoms with van der Waals surface area (Å²) < 4.78 is 0. The second-order valence-electron chi connectivity index (χ2n) is 5.18. The first-order chi connectivity index (χ1) is 9.93. The Hall–Kier alpha value is -1.72. The lowest BCUT2D eigenvalue weighted by Gasteiger charge is -2.24. The maximum Gasteiger partial charge on any atom is 0.254 e. The molecular formula is C16H21N3OS. The summed E-state index contributed by atoms with van der Waals surface area (Å²) in [5.41, 5.74) is 8.29. The molecule has 0 saturated heterocycles. The van der Waals surface area contributed by atoms with Gasteiger partial charge in [0.05, 0.1) is 16.7 Å². The molecule has 5 heteroatoms. The van der Waals surface area contributed by atoms with Crippen LogP contribution in [0.3, 0.4) is 0 Å². The molecular weight excluding hydrogens is 282 g/mol. The zero-order valence-electron chi connectivity index (χ0n) is 12.9. The van der Waals surface area contributed by atoms with Crippen molar-refractivity contribution in [2.75, 3.05) is 7.05 Å².